The van der Waals surface area contributed by atoms with E-state index in [-0.39, 0.29) is 12.8 Å². The third-order valence-electron chi connectivity index (χ3n) is 1.63. The summed E-state index contributed by atoms with van der Waals surface area (Å²) in [6, 6.07) is 0. The van der Waals surface area contributed by atoms with Crippen LogP contribution in [0.4, 0.5) is 0 Å². The molecule has 0 fully saturated rings. The van der Waals surface area contributed by atoms with Gasteiger partial charge in [-0.15, -0.1) is 0 Å². The number of carboxylic acids is 2. The van der Waals surface area contributed by atoms with Gasteiger partial charge in [-0.2, -0.15) is 0 Å². The van der Waals surface area contributed by atoms with Crippen LogP contribution in [0.15, 0.2) is 0 Å². The average molecular weight is 253 g/mol. The quantitative estimate of drug-likeness (QED) is 0.333. The molecule has 0 radical (unpaired) electrons. The summed E-state index contributed by atoms with van der Waals surface area (Å²) in [7, 11) is 0. The molecule has 1 atom stereocenters. The van der Waals surface area contributed by atoms with E-state index in [9.17, 15) is 19.5 Å². The van der Waals surface area contributed by atoms with Gasteiger partial charge in [0.1, 0.15) is 6.61 Å². The molecule has 17 heavy (non-hydrogen) atoms. The predicted octanol–water partition coefficient (Wildman–Crippen LogP) is -1.64. The summed E-state index contributed by atoms with van der Waals surface area (Å²) in [5, 5.41) is 34.7. The number of hydrogen-bond donors (Lipinski definition) is 5. The second-order valence-corrected chi connectivity index (χ2v) is 3.03. The highest BCUT2D eigenvalue weighted by Gasteiger charge is 2.41. The van der Waals surface area contributed by atoms with Gasteiger partial charge in [-0.3, -0.25) is 9.59 Å². The van der Waals surface area contributed by atoms with Crippen molar-refractivity contribution in [1.82, 2.24) is 6.15 Å². The van der Waals surface area contributed by atoms with Crippen LogP contribution in [0.2, 0.25) is 0 Å². The molecule has 0 bridgehead atoms. The van der Waals surface area contributed by atoms with E-state index in [1.54, 1.807) is 0 Å². The molecule has 0 aliphatic carbocycles. The number of aliphatic hydroxyl groups is 2. The molecular formula is C8H15NO8. The van der Waals surface area contributed by atoms with Crippen LogP contribution in [0.25, 0.3) is 0 Å². The zero-order valence-corrected chi connectivity index (χ0v) is 8.96. The van der Waals surface area contributed by atoms with E-state index in [0.29, 0.717) is 0 Å². The summed E-state index contributed by atoms with van der Waals surface area (Å²) >= 11 is 0. The molecule has 0 aliphatic heterocycles. The Morgan fingerprint density at radius 2 is 1.65 bits per heavy atom. The van der Waals surface area contributed by atoms with Crippen LogP contribution in [0.5, 0.6) is 0 Å². The van der Waals surface area contributed by atoms with Crippen molar-refractivity contribution in [2.24, 2.45) is 0 Å². The topological polar surface area (TPSA) is 176 Å². The normalized spacial score (nSPS) is 13.1. The Morgan fingerprint density at radius 1 is 1.12 bits per heavy atom. The highest BCUT2D eigenvalue weighted by Crippen LogP contribution is 2.16. The van der Waals surface area contributed by atoms with Gasteiger partial charge in [-0.1, -0.05) is 0 Å². The first-order valence-electron chi connectivity index (χ1n) is 4.26. The van der Waals surface area contributed by atoms with E-state index in [1.165, 1.54) is 0 Å². The first kappa shape index (κ1) is 17.7. The summed E-state index contributed by atoms with van der Waals surface area (Å²) in [5.41, 5.74) is -2.70. The summed E-state index contributed by atoms with van der Waals surface area (Å²) in [4.78, 5) is 31.8. The molecule has 100 valence electrons. The monoisotopic (exact) mass is 253 g/mol. The number of carboxylic acid groups (broad SMARTS) is 2. The van der Waals surface area contributed by atoms with Gasteiger partial charge in [0, 0.05) is 0 Å². The summed E-state index contributed by atoms with van der Waals surface area (Å²) < 4.78 is 4.31. The third-order valence-corrected chi connectivity index (χ3v) is 1.63. The Labute approximate surface area is 96.2 Å². The minimum absolute atomic E-state index is 0. The van der Waals surface area contributed by atoms with E-state index in [1.807, 2.05) is 0 Å². The maximum Gasteiger partial charge on any atom is 0.336 e. The number of ether oxygens (including phenoxy) is 1. The van der Waals surface area contributed by atoms with Crippen LogP contribution in [0, 0.1) is 0 Å². The van der Waals surface area contributed by atoms with E-state index < -0.39 is 43.0 Å². The van der Waals surface area contributed by atoms with Gasteiger partial charge < -0.3 is 31.3 Å². The Bertz CT molecular complexity index is 291. The lowest BCUT2D eigenvalue weighted by Crippen LogP contribution is -2.43. The fourth-order valence-electron chi connectivity index (χ4n) is 0.913. The summed E-state index contributed by atoms with van der Waals surface area (Å²) in [5.74, 6) is -4.48. The van der Waals surface area contributed by atoms with Gasteiger partial charge in [-0.05, 0) is 0 Å². The van der Waals surface area contributed by atoms with Gasteiger partial charge in [0.2, 0.25) is 0 Å². The van der Waals surface area contributed by atoms with Crippen molar-refractivity contribution in [3.8, 4) is 0 Å². The van der Waals surface area contributed by atoms with Crippen molar-refractivity contribution in [2.45, 2.75) is 18.4 Å². The minimum Gasteiger partial charge on any atom is -0.481 e. The smallest absolute Gasteiger partial charge is 0.336 e. The number of carbonyl (C=O) groups is 3. The van der Waals surface area contributed by atoms with Crippen molar-refractivity contribution in [3.05, 3.63) is 0 Å². The fraction of sp³-hybridized carbons (Fsp3) is 0.625. The number of carbonyl (C=O) groups excluding carboxylic acids is 1. The van der Waals surface area contributed by atoms with Crippen molar-refractivity contribution in [1.29, 1.82) is 0 Å². The van der Waals surface area contributed by atoms with Crippen molar-refractivity contribution in [3.63, 3.8) is 0 Å². The molecule has 0 aliphatic rings. The first-order valence-corrected chi connectivity index (χ1v) is 4.26. The number of rotatable bonds is 7. The molecule has 7 N–H and O–H groups in total. The molecular weight excluding hydrogens is 238 g/mol. The number of esters is 1. The maximum absolute atomic E-state index is 11.0. The average Bonchev–Trinajstić information content (AvgIpc) is 2.12. The molecule has 0 amide bonds. The first-order chi connectivity index (χ1) is 7.31. The molecule has 9 heteroatoms. The molecule has 0 rings (SSSR count). The molecule has 0 saturated carbocycles. The van der Waals surface area contributed by atoms with Crippen LogP contribution in [0.3, 0.4) is 0 Å². The SMILES string of the molecule is N.O=C(O)CC(O)(CC(=O)OCCO)C(=O)O. The fourth-order valence-corrected chi connectivity index (χ4v) is 0.913. The number of aliphatic carboxylic acids is 2. The summed E-state index contributed by atoms with van der Waals surface area (Å²) in [6.07, 6.45) is -2.11. The van der Waals surface area contributed by atoms with Gasteiger partial charge in [-0.25, -0.2) is 4.79 Å². The zero-order valence-electron chi connectivity index (χ0n) is 8.96. The largest absolute Gasteiger partial charge is 0.481 e. The van der Waals surface area contributed by atoms with E-state index in [0.717, 1.165) is 0 Å². The molecule has 0 aromatic rings. The Hall–Kier alpha value is -1.71. The Morgan fingerprint density at radius 3 is 2.00 bits per heavy atom. The predicted molar refractivity (Wildman–Crippen MR) is 52.5 cm³/mol. The second-order valence-electron chi connectivity index (χ2n) is 3.03. The lowest BCUT2D eigenvalue weighted by molar-refractivity contribution is -0.172. The van der Waals surface area contributed by atoms with Crippen molar-refractivity contribution >= 4 is 17.9 Å². The Kier molecular flexibility index (Phi) is 7.85. The van der Waals surface area contributed by atoms with Crippen LogP contribution in [-0.2, 0) is 19.1 Å². The van der Waals surface area contributed by atoms with Crippen molar-refractivity contribution < 1.29 is 39.5 Å². The highest BCUT2D eigenvalue weighted by molar-refractivity contribution is 5.88. The molecule has 0 spiro atoms. The van der Waals surface area contributed by atoms with Crippen LogP contribution in [-0.4, -0.2) is 57.1 Å². The third kappa shape index (κ3) is 6.45. The van der Waals surface area contributed by atoms with E-state index >= 15 is 0 Å². The van der Waals surface area contributed by atoms with Crippen LogP contribution >= 0.6 is 0 Å². The molecule has 9 nitrogen and oxygen atoms in total. The van der Waals surface area contributed by atoms with Gasteiger partial charge in [0.15, 0.2) is 5.60 Å². The Balaban J connectivity index is 0. The lowest BCUT2D eigenvalue weighted by Gasteiger charge is -2.19. The van der Waals surface area contributed by atoms with Gasteiger partial charge >= 0.3 is 17.9 Å². The molecule has 0 aromatic carbocycles. The van der Waals surface area contributed by atoms with Crippen LogP contribution < -0.4 is 6.15 Å². The molecule has 0 saturated heterocycles. The van der Waals surface area contributed by atoms with Crippen molar-refractivity contribution in [2.75, 3.05) is 13.2 Å². The molecule has 0 heterocycles. The van der Waals surface area contributed by atoms with Crippen LogP contribution in [0.1, 0.15) is 12.8 Å². The van der Waals surface area contributed by atoms with E-state index in [4.69, 9.17) is 15.3 Å². The van der Waals surface area contributed by atoms with Gasteiger partial charge in [0.05, 0.1) is 19.4 Å². The standard InChI is InChI=1S/C8H12O8.H3N/c9-1-2-16-6(12)4-8(15,7(13)14)3-5(10)11;/h9,15H,1-4H2,(H,10,11)(H,13,14);1H3. The maximum atomic E-state index is 11.0. The molecule has 1 unspecified atom stereocenters. The summed E-state index contributed by atoms with van der Waals surface area (Å²) in [6.45, 7) is -0.794. The number of hydrogen-bond acceptors (Lipinski definition) is 7. The highest BCUT2D eigenvalue weighted by atomic mass is 16.5. The number of aliphatic hydroxyl groups excluding tert-OH is 1. The second kappa shape index (κ2) is 7.54. The molecule has 0 aromatic heterocycles. The lowest BCUT2D eigenvalue weighted by atomic mass is 9.96. The minimum atomic E-state index is -2.70. The van der Waals surface area contributed by atoms with Gasteiger partial charge in [0.25, 0.3) is 0 Å². The van der Waals surface area contributed by atoms with E-state index in [2.05, 4.69) is 4.74 Å². The zero-order chi connectivity index (χ0) is 12.8.